The van der Waals surface area contributed by atoms with Crippen LogP contribution in [0.3, 0.4) is 0 Å². The summed E-state index contributed by atoms with van der Waals surface area (Å²) in [4.78, 5) is 20.5. The van der Waals surface area contributed by atoms with Gasteiger partial charge in [0.25, 0.3) is 5.91 Å². The van der Waals surface area contributed by atoms with Crippen molar-refractivity contribution in [3.8, 4) is 0 Å². The maximum atomic E-state index is 12.1. The number of anilines is 2. The van der Waals surface area contributed by atoms with Gasteiger partial charge in [0, 0.05) is 29.6 Å². The third-order valence-corrected chi connectivity index (χ3v) is 4.38. The van der Waals surface area contributed by atoms with Crippen molar-refractivity contribution in [1.82, 2.24) is 15.3 Å². The zero-order valence-electron chi connectivity index (χ0n) is 14.0. The lowest BCUT2D eigenvalue weighted by Gasteiger charge is -2.13. The van der Waals surface area contributed by atoms with Gasteiger partial charge in [-0.25, -0.2) is 9.97 Å². The molecule has 2 N–H and O–H groups in total. The number of nitrogens with one attached hydrogen (secondary N) is 2. The Labute approximate surface area is 152 Å². The van der Waals surface area contributed by atoms with Crippen molar-refractivity contribution in [1.29, 1.82) is 0 Å². The van der Waals surface area contributed by atoms with Crippen molar-refractivity contribution in [2.45, 2.75) is 32.1 Å². The molecule has 1 aromatic heterocycles. The molecule has 1 aliphatic carbocycles. The van der Waals surface area contributed by atoms with Gasteiger partial charge in [-0.05, 0) is 56.4 Å². The van der Waals surface area contributed by atoms with E-state index in [1.54, 1.807) is 12.1 Å². The number of benzene rings is 1. The van der Waals surface area contributed by atoms with Crippen LogP contribution in [0.2, 0.25) is 5.02 Å². The lowest BCUT2D eigenvalue weighted by molar-refractivity contribution is 0.0953. The molecule has 1 aromatic carbocycles. The van der Waals surface area contributed by atoms with Gasteiger partial charge in [-0.15, -0.1) is 0 Å². The molecule has 2 aromatic rings. The van der Waals surface area contributed by atoms with Gasteiger partial charge in [-0.2, -0.15) is 0 Å². The Morgan fingerprint density at radius 1 is 1.12 bits per heavy atom. The van der Waals surface area contributed by atoms with Crippen LogP contribution < -0.4 is 10.6 Å². The zero-order valence-corrected chi connectivity index (χ0v) is 14.7. The summed E-state index contributed by atoms with van der Waals surface area (Å²) in [5.74, 6) is 0.292. The first-order chi connectivity index (χ1) is 12.2. The maximum absolute atomic E-state index is 12.1. The van der Waals surface area contributed by atoms with Crippen LogP contribution in [0.15, 0.2) is 48.3 Å². The Bertz CT molecular complexity index is 741. The first kappa shape index (κ1) is 17.4. The Morgan fingerprint density at radius 2 is 1.88 bits per heavy atom. The van der Waals surface area contributed by atoms with Crippen LogP contribution in [-0.4, -0.2) is 22.4 Å². The van der Waals surface area contributed by atoms with Crippen molar-refractivity contribution in [3.63, 3.8) is 0 Å². The summed E-state index contributed by atoms with van der Waals surface area (Å²) < 4.78 is 0. The quantitative estimate of drug-likeness (QED) is 0.748. The van der Waals surface area contributed by atoms with Crippen molar-refractivity contribution >= 4 is 29.1 Å². The molecule has 5 nitrogen and oxygen atoms in total. The molecule has 0 saturated carbocycles. The Kier molecular flexibility index (Phi) is 6.01. The SMILES string of the molecule is O=C(NCCC1=CCCCC1)c1cnc(Nc2ccc(Cl)cc2)nc1. The lowest BCUT2D eigenvalue weighted by atomic mass is 9.97. The molecule has 0 unspecified atom stereocenters. The fraction of sp³-hybridized carbons (Fsp3) is 0.316. The van der Waals surface area contributed by atoms with E-state index in [-0.39, 0.29) is 5.91 Å². The second kappa shape index (κ2) is 8.62. The average molecular weight is 357 g/mol. The van der Waals surface area contributed by atoms with Crippen LogP contribution in [0.1, 0.15) is 42.5 Å². The molecule has 25 heavy (non-hydrogen) atoms. The minimum absolute atomic E-state index is 0.144. The average Bonchev–Trinajstić information content (AvgIpc) is 2.65. The molecule has 6 heteroatoms. The molecular weight excluding hydrogens is 336 g/mol. The Morgan fingerprint density at radius 3 is 2.56 bits per heavy atom. The van der Waals surface area contributed by atoms with Gasteiger partial charge in [0.15, 0.2) is 0 Å². The lowest BCUT2D eigenvalue weighted by Crippen LogP contribution is -2.25. The highest BCUT2D eigenvalue weighted by Crippen LogP contribution is 2.19. The smallest absolute Gasteiger partial charge is 0.254 e. The monoisotopic (exact) mass is 356 g/mol. The van der Waals surface area contributed by atoms with Crippen LogP contribution in [-0.2, 0) is 0 Å². The standard InChI is InChI=1S/C19H21ClN4O/c20-16-6-8-17(9-7-16)24-19-22-12-15(13-23-19)18(25)21-11-10-14-4-2-1-3-5-14/h4,6-9,12-13H,1-3,5,10-11H2,(H,21,25)(H,22,23,24). The predicted molar refractivity (Wildman–Crippen MR) is 100 cm³/mol. The highest BCUT2D eigenvalue weighted by Gasteiger charge is 2.08. The molecule has 130 valence electrons. The molecule has 0 saturated heterocycles. The van der Waals surface area contributed by atoms with Crippen LogP contribution in [0, 0.1) is 0 Å². The number of hydrogen-bond acceptors (Lipinski definition) is 4. The van der Waals surface area contributed by atoms with E-state index in [0.29, 0.717) is 23.1 Å². The van der Waals surface area contributed by atoms with Crippen LogP contribution in [0.4, 0.5) is 11.6 Å². The first-order valence-corrected chi connectivity index (χ1v) is 8.89. The predicted octanol–water partition coefficient (Wildman–Crippen LogP) is 4.49. The number of rotatable bonds is 6. The van der Waals surface area contributed by atoms with Gasteiger partial charge in [0.1, 0.15) is 0 Å². The highest BCUT2D eigenvalue weighted by atomic mass is 35.5. The first-order valence-electron chi connectivity index (χ1n) is 8.51. The summed E-state index contributed by atoms with van der Waals surface area (Å²) in [6.07, 6.45) is 11.1. The van der Waals surface area contributed by atoms with Gasteiger partial charge in [0.05, 0.1) is 5.56 Å². The zero-order chi connectivity index (χ0) is 17.5. The summed E-state index contributed by atoms with van der Waals surface area (Å²) in [5.41, 5.74) is 2.74. The molecule has 1 aliphatic rings. The van der Waals surface area contributed by atoms with E-state index in [4.69, 9.17) is 11.6 Å². The molecule has 1 heterocycles. The van der Waals surface area contributed by atoms with Gasteiger partial charge in [0.2, 0.25) is 5.95 Å². The molecule has 0 bridgehead atoms. The molecule has 0 atom stereocenters. The third kappa shape index (κ3) is 5.29. The van der Waals surface area contributed by atoms with Crippen molar-refractivity contribution in [2.24, 2.45) is 0 Å². The maximum Gasteiger partial charge on any atom is 0.254 e. The minimum atomic E-state index is -0.144. The summed E-state index contributed by atoms with van der Waals surface area (Å²) >= 11 is 5.85. The number of aromatic nitrogens is 2. The number of carbonyl (C=O) groups is 1. The second-order valence-corrected chi connectivity index (χ2v) is 6.48. The number of amides is 1. The molecule has 0 radical (unpaired) electrons. The van der Waals surface area contributed by atoms with Crippen LogP contribution in [0.25, 0.3) is 0 Å². The number of nitrogens with zero attached hydrogens (tertiary/aromatic N) is 2. The molecule has 0 aliphatic heterocycles. The van der Waals surface area contributed by atoms with E-state index >= 15 is 0 Å². The highest BCUT2D eigenvalue weighted by molar-refractivity contribution is 6.30. The topological polar surface area (TPSA) is 66.9 Å². The summed E-state index contributed by atoms with van der Waals surface area (Å²) in [5, 5.41) is 6.66. The molecule has 3 rings (SSSR count). The minimum Gasteiger partial charge on any atom is -0.352 e. The van der Waals surface area contributed by atoms with Crippen LogP contribution in [0.5, 0.6) is 0 Å². The third-order valence-electron chi connectivity index (χ3n) is 4.13. The molecule has 0 spiro atoms. The number of allylic oxidation sites excluding steroid dienone is 1. The fourth-order valence-electron chi connectivity index (χ4n) is 2.74. The largest absolute Gasteiger partial charge is 0.352 e. The van der Waals surface area contributed by atoms with Gasteiger partial charge >= 0.3 is 0 Å². The number of hydrogen-bond donors (Lipinski definition) is 2. The van der Waals surface area contributed by atoms with E-state index in [1.165, 1.54) is 37.2 Å². The normalized spacial score (nSPS) is 13.9. The molecule has 0 fully saturated rings. The van der Waals surface area contributed by atoms with E-state index in [2.05, 4.69) is 26.7 Å². The van der Waals surface area contributed by atoms with Crippen LogP contribution >= 0.6 is 11.6 Å². The van der Waals surface area contributed by atoms with E-state index in [0.717, 1.165) is 18.5 Å². The fourth-order valence-corrected chi connectivity index (χ4v) is 2.87. The molecule has 1 amide bonds. The van der Waals surface area contributed by atoms with Crippen molar-refractivity contribution in [3.05, 3.63) is 58.9 Å². The van der Waals surface area contributed by atoms with E-state index in [9.17, 15) is 4.79 Å². The number of halogens is 1. The number of carbonyl (C=O) groups excluding carboxylic acids is 1. The second-order valence-electron chi connectivity index (χ2n) is 6.04. The van der Waals surface area contributed by atoms with Gasteiger partial charge in [-0.3, -0.25) is 4.79 Å². The summed E-state index contributed by atoms with van der Waals surface area (Å²) in [6, 6.07) is 7.25. The Hall–Kier alpha value is -2.40. The van der Waals surface area contributed by atoms with Crippen molar-refractivity contribution < 1.29 is 4.79 Å². The molecular formula is C19H21ClN4O. The van der Waals surface area contributed by atoms with E-state index < -0.39 is 0 Å². The van der Waals surface area contributed by atoms with Gasteiger partial charge in [-0.1, -0.05) is 23.3 Å². The Balaban J connectivity index is 1.49. The summed E-state index contributed by atoms with van der Waals surface area (Å²) in [6.45, 7) is 0.648. The van der Waals surface area contributed by atoms with Gasteiger partial charge < -0.3 is 10.6 Å². The summed E-state index contributed by atoms with van der Waals surface area (Å²) in [7, 11) is 0. The van der Waals surface area contributed by atoms with Crippen molar-refractivity contribution in [2.75, 3.05) is 11.9 Å². The van der Waals surface area contributed by atoms with E-state index in [1.807, 2.05) is 12.1 Å².